The average molecular weight is 298 g/mol. The van der Waals surface area contributed by atoms with Crippen molar-refractivity contribution in [2.75, 3.05) is 6.61 Å². The van der Waals surface area contributed by atoms with E-state index in [1.54, 1.807) is 6.92 Å². The molecule has 1 aromatic carbocycles. The van der Waals surface area contributed by atoms with Crippen molar-refractivity contribution < 1.29 is 23.0 Å². The summed E-state index contributed by atoms with van der Waals surface area (Å²) < 4.78 is 36.8. The maximum atomic E-state index is 13.1. The summed E-state index contributed by atoms with van der Waals surface area (Å²) in [6.07, 6.45) is 3.03. The van der Waals surface area contributed by atoms with Gasteiger partial charge in [-0.2, -0.15) is 0 Å². The van der Waals surface area contributed by atoms with Crippen molar-refractivity contribution in [2.24, 2.45) is 5.92 Å². The Hall–Kier alpha value is -1.49. The predicted molar refractivity (Wildman–Crippen MR) is 73.5 cm³/mol. The zero-order chi connectivity index (χ0) is 15.2. The van der Waals surface area contributed by atoms with E-state index < -0.39 is 11.6 Å². The van der Waals surface area contributed by atoms with Gasteiger partial charge in [0.15, 0.2) is 0 Å². The summed E-state index contributed by atoms with van der Waals surface area (Å²) in [6, 6.07) is 3.38. The number of carbonyl (C=O) groups is 1. The van der Waals surface area contributed by atoms with Gasteiger partial charge in [-0.15, -0.1) is 0 Å². The third-order valence-electron chi connectivity index (χ3n) is 3.70. The van der Waals surface area contributed by atoms with Crippen LogP contribution in [0.15, 0.2) is 18.2 Å². The van der Waals surface area contributed by atoms with Crippen LogP contribution in [0.4, 0.5) is 8.78 Å². The molecule has 0 spiro atoms. The number of rotatable bonds is 5. The van der Waals surface area contributed by atoms with E-state index in [9.17, 15) is 13.6 Å². The highest BCUT2D eigenvalue weighted by Crippen LogP contribution is 2.27. The Morgan fingerprint density at radius 2 is 1.76 bits per heavy atom. The minimum atomic E-state index is -0.598. The van der Waals surface area contributed by atoms with Crippen LogP contribution >= 0.6 is 0 Å². The number of carbonyl (C=O) groups excluding carboxylic acids is 1. The molecule has 0 aliphatic heterocycles. The van der Waals surface area contributed by atoms with Gasteiger partial charge in [0.1, 0.15) is 11.6 Å². The highest BCUT2D eigenvalue weighted by Gasteiger charge is 2.27. The maximum absolute atomic E-state index is 13.1. The number of esters is 1. The highest BCUT2D eigenvalue weighted by atomic mass is 19.1. The molecule has 2 rings (SSSR count). The Balaban J connectivity index is 1.77. The monoisotopic (exact) mass is 298 g/mol. The highest BCUT2D eigenvalue weighted by molar-refractivity contribution is 5.72. The quantitative estimate of drug-likeness (QED) is 0.779. The van der Waals surface area contributed by atoms with Crippen LogP contribution in [0, 0.1) is 17.6 Å². The van der Waals surface area contributed by atoms with Crippen molar-refractivity contribution >= 4 is 5.97 Å². The molecule has 5 heteroatoms. The van der Waals surface area contributed by atoms with E-state index in [2.05, 4.69) is 0 Å². The lowest BCUT2D eigenvalue weighted by molar-refractivity contribution is -0.150. The second-order valence-electron chi connectivity index (χ2n) is 5.31. The summed E-state index contributed by atoms with van der Waals surface area (Å²) in [6.45, 7) is 2.38. The fourth-order valence-corrected chi connectivity index (χ4v) is 2.63. The molecule has 21 heavy (non-hydrogen) atoms. The van der Waals surface area contributed by atoms with Gasteiger partial charge >= 0.3 is 5.97 Å². The minimum absolute atomic E-state index is 0.0296. The Morgan fingerprint density at radius 1 is 1.14 bits per heavy atom. The molecule has 1 aliphatic rings. The predicted octanol–water partition coefficient (Wildman–Crippen LogP) is 3.60. The lowest BCUT2D eigenvalue weighted by Crippen LogP contribution is -2.27. The van der Waals surface area contributed by atoms with E-state index in [0.29, 0.717) is 12.2 Å². The third kappa shape index (κ3) is 4.77. The summed E-state index contributed by atoms with van der Waals surface area (Å²) in [5.74, 6) is -1.38. The minimum Gasteiger partial charge on any atom is -0.466 e. The standard InChI is InChI=1S/C16H20F2O3/c1-2-20-16(19)12-3-5-15(6-4-12)21-10-11-7-13(17)9-14(18)8-11/h7-9,12,15H,2-6,10H2,1H3. The molecule has 0 bridgehead atoms. The van der Waals surface area contributed by atoms with E-state index >= 15 is 0 Å². The summed E-state index contributed by atoms with van der Waals surface area (Å²) in [7, 11) is 0. The van der Waals surface area contributed by atoms with Gasteiger partial charge in [-0.05, 0) is 50.3 Å². The Morgan fingerprint density at radius 3 is 2.33 bits per heavy atom. The largest absolute Gasteiger partial charge is 0.466 e. The molecule has 0 saturated heterocycles. The fraction of sp³-hybridized carbons (Fsp3) is 0.562. The Bertz CT molecular complexity index is 462. The van der Waals surface area contributed by atoms with Crippen LogP contribution in [0.1, 0.15) is 38.2 Å². The number of hydrogen-bond acceptors (Lipinski definition) is 3. The first-order chi connectivity index (χ1) is 10.1. The first kappa shape index (κ1) is 15.9. The molecular formula is C16H20F2O3. The fourth-order valence-electron chi connectivity index (χ4n) is 2.63. The molecular weight excluding hydrogens is 278 g/mol. The molecule has 0 amide bonds. The molecule has 1 fully saturated rings. The maximum Gasteiger partial charge on any atom is 0.308 e. The second kappa shape index (κ2) is 7.50. The van der Waals surface area contributed by atoms with Crippen LogP contribution in [0.2, 0.25) is 0 Å². The normalized spacial score (nSPS) is 22.0. The topological polar surface area (TPSA) is 35.5 Å². The molecule has 0 radical (unpaired) electrons. The van der Waals surface area contributed by atoms with Crippen molar-refractivity contribution in [2.45, 2.75) is 45.3 Å². The van der Waals surface area contributed by atoms with Gasteiger partial charge in [0.25, 0.3) is 0 Å². The van der Waals surface area contributed by atoms with Crippen molar-refractivity contribution in [3.63, 3.8) is 0 Å². The van der Waals surface area contributed by atoms with Gasteiger partial charge in [-0.3, -0.25) is 4.79 Å². The molecule has 0 N–H and O–H groups in total. The average Bonchev–Trinajstić information content (AvgIpc) is 2.45. The first-order valence-electron chi connectivity index (χ1n) is 7.31. The number of ether oxygens (including phenoxy) is 2. The second-order valence-corrected chi connectivity index (χ2v) is 5.31. The lowest BCUT2D eigenvalue weighted by atomic mass is 9.87. The molecule has 0 aromatic heterocycles. The molecule has 0 atom stereocenters. The molecule has 1 aliphatic carbocycles. The van der Waals surface area contributed by atoms with Gasteiger partial charge in [0, 0.05) is 6.07 Å². The molecule has 1 aromatic rings. The Kier molecular flexibility index (Phi) is 5.67. The number of hydrogen-bond donors (Lipinski definition) is 0. The number of benzene rings is 1. The summed E-state index contributed by atoms with van der Waals surface area (Å²) in [5, 5.41) is 0. The molecule has 3 nitrogen and oxygen atoms in total. The van der Waals surface area contributed by atoms with E-state index in [-0.39, 0.29) is 24.6 Å². The van der Waals surface area contributed by atoms with E-state index in [1.165, 1.54) is 12.1 Å². The zero-order valence-electron chi connectivity index (χ0n) is 12.1. The van der Waals surface area contributed by atoms with Gasteiger partial charge in [-0.25, -0.2) is 8.78 Å². The van der Waals surface area contributed by atoms with Crippen LogP contribution in [0.3, 0.4) is 0 Å². The smallest absolute Gasteiger partial charge is 0.308 e. The van der Waals surface area contributed by atoms with Crippen LogP contribution in [0.25, 0.3) is 0 Å². The van der Waals surface area contributed by atoms with Crippen molar-refractivity contribution in [3.8, 4) is 0 Å². The van der Waals surface area contributed by atoms with Gasteiger partial charge in [0.05, 0.1) is 25.2 Å². The van der Waals surface area contributed by atoms with Gasteiger partial charge in [0.2, 0.25) is 0 Å². The van der Waals surface area contributed by atoms with E-state index in [0.717, 1.165) is 31.7 Å². The van der Waals surface area contributed by atoms with E-state index in [4.69, 9.17) is 9.47 Å². The van der Waals surface area contributed by atoms with Crippen LogP contribution < -0.4 is 0 Å². The summed E-state index contributed by atoms with van der Waals surface area (Å²) >= 11 is 0. The van der Waals surface area contributed by atoms with Crippen molar-refractivity contribution in [3.05, 3.63) is 35.4 Å². The third-order valence-corrected chi connectivity index (χ3v) is 3.70. The van der Waals surface area contributed by atoms with E-state index in [1.807, 2.05) is 0 Å². The van der Waals surface area contributed by atoms with Crippen LogP contribution in [0.5, 0.6) is 0 Å². The summed E-state index contributed by atoms with van der Waals surface area (Å²) in [5.41, 5.74) is 0.486. The first-order valence-corrected chi connectivity index (χ1v) is 7.31. The molecule has 0 unspecified atom stereocenters. The zero-order valence-corrected chi connectivity index (χ0v) is 12.1. The SMILES string of the molecule is CCOC(=O)C1CCC(OCc2cc(F)cc(F)c2)CC1. The molecule has 0 heterocycles. The van der Waals surface area contributed by atoms with Crippen molar-refractivity contribution in [1.29, 1.82) is 0 Å². The lowest BCUT2D eigenvalue weighted by Gasteiger charge is -2.27. The van der Waals surface area contributed by atoms with Crippen LogP contribution in [-0.2, 0) is 20.9 Å². The van der Waals surface area contributed by atoms with Crippen LogP contribution in [-0.4, -0.2) is 18.7 Å². The van der Waals surface area contributed by atoms with Gasteiger partial charge in [-0.1, -0.05) is 0 Å². The summed E-state index contributed by atoms with van der Waals surface area (Å²) in [4.78, 5) is 11.6. The molecule has 116 valence electrons. The van der Waals surface area contributed by atoms with Gasteiger partial charge < -0.3 is 9.47 Å². The Labute approximate surface area is 123 Å². The van der Waals surface area contributed by atoms with Crippen molar-refractivity contribution in [1.82, 2.24) is 0 Å². The molecule has 1 saturated carbocycles. The number of halogens is 2.